The first-order valence-corrected chi connectivity index (χ1v) is 6.95. The van der Waals surface area contributed by atoms with E-state index in [0.717, 1.165) is 12.1 Å². The van der Waals surface area contributed by atoms with E-state index in [1.807, 2.05) is 55.5 Å². The van der Waals surface area contributed by atoms with Crippen molar-refractivity contribution < 1.29 is 5.11 Å². The van der Waals surface area contributed by atoms with Crippen molar-refractivity contribution >= 4 is 6.08 Å². The summed E-state index contributed by atoms with van der Waals surface area (Å²) in [6.07, 6.45) is 3.67. The Morgan fingerprint density at radius 3 is 2.25 bits per heavy atom. The molecule has 0 fully saturated rings. The van der Waals surface area contributed by atoms with Crippen molar-refractivity contribution in [2.24, 2.45) is 0 Å². The molecule has 2 heteroatoms. The summed E-state index contributed by atoms with van der Waals surface area (Å²) in [4.78, 5) is 0. The van der Waals surface area contributed by atoms with Gasteiger partial charge >= 0.3 is 0 Å². The van der Waals surface area contributed by atoms with Crippen molar-refractivity contribution in [3.8, 4) is 0 Å². The lowest BCUT2D eigenvalue weighted by Gasteiger charge is -2.19. The number of rotatable bonds is 6. The fourth-order valence-corrected chi connectivity index (χ4v) is 2.06. The number of hydrogen-bond donors (Lipinski definition) is 2. The average Bonchev–Trinajstić information content (AvgIpc) is 2.52. The molecule has 0 aliphatic rings. The van der Waals surface area contributed by atoms with Crippen molar-refractivity contribution in [2.45, 2.75) is 19.1 Å². The summed E-state index contributed by atoms with van der Waals surface area (Å²) >= 11 is 0. The van der Waals surface area contributed by atoms with Gasteiger partial charge in [-0.25, -0.2) is 0 Å². The molecule has 2 aromatic carbocycles. The average molecular weight is 267 g/mol. The zero-order valence-electron chi connectivity index (χ0n) is 11.7. The second kappa shape index (κ2) is 7.63. The Morgan fingerprint density at radius 1 is 1.00 bits per heavy atom. The van der Waals surface area contributed by atoms with E-state index in [0.29, 0.717) is 0 Å². The van der Waals surface area contributed by atoms with Crippen LogP contribution in [0.4, 0.5) is 0 Å². The van der Waals surface area contributed by atoms with Crippen LogP contribution < -0.4 is 5.32 Å². The highest BCUT2D eigenvalue weighted by Gasteiger charge is 2.14. The van der Waals surface area contributed by atoms with Gasteiger partial charge in [0.2, 0.25) is 0 Å². The maximum atomic E-state index is 10.2. The van der Waals surface area contributed by atoms with Gasteiger partial charge in [-0.3, -0.25) is 0 Å². The van der Waals surface area contributed by atoms with E-state index in [9.17, 15) is 5.11 Å². The second-order valence-corrected chi connectivity index (χ2v) is 4.87. The Hall–Kier alpha value is -1.90. The van der Waals surface area contributed by atoms with Crippen LogP contribution in [0, 0.1) is 0 Å². The number of nitrogens with one attached hydrogen (secondary N) is 1. The minimum atomic E-state index is -0.485. The highest BCUT2D eigenvalue weighted by atomic mass is 16.3. The molecule has 2 atom stereocenters. The predicted molar refractivity (Wildman–Crippen MR) is 84.3 cm³/mol. The van der Waals surface area contributed by atoms with Gasteiger partial charge in [0.15, 0.2) is 0 Å². The summed E-state index contributed by atoms with van der Waals surface area (Å²) in [5.74, 6) is 0. The zero-order valence-corrected chi connectivity index (χ0v) is 11.7. The quantitative estimate of drug-likeness (QED) is 0.840. The van der Waals surface area contributed by atoms with Crippen molar-refractivity contribution in [3.63, 3.8) is 0 Å². The van der Waals surface area contributed by atoms with Crippen LogP contribution in [-0.2, 0) is 0 Å². The molecule has 104 valence electrons. The van der Waals surface area contributed by atoms with Crippen LogP contribution in [0.25, 0.3) is 6.08 Å². The molecule has 0 unspecified atom stereocenters. The molecule has 0 aromatic heterocycles. The Bertz CT molecular complexity index is 522. The summed E-state index contributed by atoms with van der Waals surface area (Å²) in [5.41, 5.74) is 2.13. The van der Waals surface area contributed by atoms with E-state index in [4.69, 9.17) is 0 Å². The molecule has 0 saturated carbocycles. The first-order valence-electron chi connectivity index (χ1n) is 6.95. The Balaban J connectivity index is 1.81. The molecule has 0 aliphatic heterocycles. The summed E-state index contributed by atoms with van der Waals surface area (Å²) in [5, 5.41) is 13.5. The van der Waals surface area contributed by atoms with Gasteiger partial charge in [-0.1, -0.05) is 72.8 Å². The number of aliphatic hydroxyl groups excluding tert-OH is 1. The molecular formula is C18H21NO. The standard InChI is InChI=1S/C18H21NO/c1-15(18(20)17-12-6-3-7-13-17)19-14-8-11-16-9-4-2-5-10-16/h2-13,15,18-20H,14H2,1H3/b11-8+/t15-,18+/m1/s1. The molecule has 0 heterocycles. The van der Waals surface area contributed by atoms with Gasteiger partial charge in [-0.05, 0) is 18.1 Å². The van der Waals surface area contributed by atoms with Crippen LogP contribution in [0.5, 0.6) is 0 Å². The van der Waals surface area contributed by atoms with E-state index < -0.39 is 6.10 Å². The van der Waals surface area contributed by atoms with Gasteiger partial charge in [-0.15, -0.1) is 0 Å². The van der Waals surface area contributed by atoms with Gasteiger partial charge in [0.05, 0.1) is 6.10 Å². The lowest BCUT2D eigenvalue weighted by atomic mass is 10.0. The van der Waals surface area contributed by atoms with Crippen LogP contribution in [0.3, 0.4) is 0 Å². The van der Waals surface area contributed by atoms with Crippen molar-refractivity contribution in [3.05, 3.63) is 77.9 Å². The maximum absolute atomic E-state index is 10.2. The molecule has 0 bridgehead atoms. The molecular weight excluding hydrogens is 246 g/mol. The fraction of sp³-hybridized carbons (Fsp3) is 0.222. The van der Waals surface area contributed by atoms with Crippen LogP contribution in [0.1, 0.15) is 24.2 Å². The van der Waals surface area contributed by atoms with Gasteiger partial charge in [0.1, 0.15) is 0 Å². The molecule has 2 nitrogen and oxygen atoms in total. The minimum Gasteiger partial charge on any atom is -0.387 e. The minimum absolute atomic E-state index is 0.0119. The number of benzene rings is 2. The van der Waals surface area contributed by atoms with Crippen LogP contribution in [0.2, 0.25) is 0 Å². The molecule has 20 heavy (non-hydrogen) atoms. The normalized spacial score (nSPS) is 14.3. The molecule has 0 saturated heterocycles. The molecule has 0 amide bonds. The van der Waals surface area contributed by atoms with Crippen LogP contribution in [0.15, 0.2) is 66.7 Å². The molecule has 0 spiro atoms. The third-order valence-corrected chi connectivity index (χ3v) is 3.28. The topological polar surface area (TPSA) is 32.3 Å². The molecule has 2 rings (SSSR count). The predicted octanol–water partition coefficient (Wildman–Crippen LogP) is 3.41. The van der Waals surface area contributed by atoms with Gasteiger partial charge in [0, 0.05) is 12.6 Å². The first kappa shape index (κ1) is 14.5. The van der Waals surface area contributed by atoms with Crippen molar-refractivity contribution in [1.29, 1.82) is 0 Å². The number of hydrogen-bond acceptors (Lipinski definition) is 2. The van der Waals surface area contributed by atoms with E-state index >= 15 is 0 Å². The monoisotopic (exact) mass is 267 g/mol. The summed E-state index contributed by atoms with van der Waals surface area (Å²) in [6, 6.07) is 19.9. The molecule has 2 aromatic rings. The Morgan fingerprint density at radius 2 is 1.60 bits per heavy atom. The van der Waals surface area contributed by atoms with E-state index in [1.54, 1.807) is 0 Å². The summed E-state index contributed by atoms with van der Waals surface area (Å²) < 4.78 is 0. The van der Waals surface area contributed by atoms with E-state index in [2.05, 4.69) is 29.6 Å². The molecule has 0 aliphatic carbocycles. The highest BCUT2D eigenvalue weighted by Crippen LogP contribution is 2.15. The lowest BCUT2D eigenvalue weighted by molar-refractivity contribution is 0.138. The molecule has 0 radical (unpaired) electrons. The maximum Gasteiger partial charge on any atom is 0.0940 e. The largest absolute Gasteiger partial charge is 0.387 e. The van der Waals surface area contributed by atoms with Gasteiger partial charge < -0.3 is 10.4 Å². The first-order chi connectivity index (χ1) is 9.77. The van der Waals surface area contributed by atoms with Crippen molar-refractivity contribution in [1.82, 2.24) is 5.32 Å². The lowest BCUT2D eigenvalue weighted by Crippen LogP contribution is -2.32. The third-order valence-electron chi connectivity index (χ3n) is 3.28. The highest BCUT2D eigenvalue weighted by molar-refractivity contribution is 5.48. The SMILES string of the molecule is C[C@@H](NC/C=C/c1ccccc1)[C@H](O)c1ccccc1. The zero-order chi connectivity index (χ0) is 14.2. The second-order valence-electron chi connectivity index (χ2n) is 4.87. The van der Waals surface area contributed by atoms with Crippen LogP contribution in [-0.4, -0.2) is 17.7 Å². The third kappa shape index (κ3) is 4.34. The van der Waals surface area contributed by atoms with Gasteiger partial charge in [0.25, 0.3) is 0 Å². The molecule has 2 N–H and O–H groups in total. The van der Waals surface area contributed by atoms with Crippen LogP contribution >= 0.6 is 0 Å². The summed E-state index contributed by atoms with van der Waals surface area (Å²) in [6.45, 7) is 2.73. The fourth-order valence-electron chi connectivity index (χ4n) is 2.06. The summed E-state index contributed by atoms with van der Waals surface area (Å²) in [7, 11) is 0. The van der Waals surface area contributed by atoms with E-state index in [1.165, 1.54) is 5.56 Å². The smallest absolute Gasteiger partial charge is 0.0940 e. The van der Waals surface area contributed by atoms with Gasteiger partial charge in [-0.2, -0.15) is 0 Å². The van der Waals surface area contributed by atoms with Crippen molar-refractivity contribution in [2.75, 3.05) is 6.54 Å². The Labute approximate surface area is 120 Å². The Kier molecular flexibility index (Phi) is 5.54. The van der Waals surface area contributed by atoms with E-state index in [-0.39, 0.29) is 6.04 Å². The number of aliphatic hydroxyl groups is 1.